The molecule has 0 radical (unpaired) electrons. The molecule has 0 saturated heterocycles. The summed E-state index contributed by atoms with van der Waals surface area (Å²) in [5.41, 5.74) is 1.54. The summed E-state index contributed by atoms with van der Waals surface area (Å²) in [5.74, 6) is 0.977. The minimum absolute atomic E-state index is 0.197. The first-order valence-electron chi connectivity index (χ1n) is 7.89. The van der Waals surface area contributed by atoms with Crippen molar-refractivity contribution in [3.63, 3.8) is 0 Å². The van der Waals surface area contributed by atoms with Crippen LogP contribution in [0.1, 0.15) is 45.4 Å². The summed E-state index contributed by atoms with van der Waals surface area (Å²) in [6.45, 7) is 4.24. The molecule has 0 atom stereocenters. The van der Waals surface area contributed by atoms with Gasteiger partial charge in [0.15, 0.2) is 5.96 Å². The Morgan fingerprint density at radius 3 is 2.76 bits per heavy atom. The van der Waals surface area contributed by atoms with Gasteiger partial charge in [-0.25, -0.2) is 8.42 Å². The van der Waals surface area contributed by atoms with Crippen LogP contribution in [0.15, 0.2) is 16.6 Å². The number of allylic oxidation sites excluding steroid dienone is 1. The molecule has 0 unspecified atom stereocenters. The Bertz CT molecular complexity index is 456. The quantitative estimate of drug-likeness (QED) is 0.310. The van der Waals surface area contributed by atoms with Gasteiger partial charge in [-0.1, -0.05) is 11.6 Å². The van der Waals surface area contributed by atoms with E-state index in [0.717, 1.165) is 25.5 Å². The topological polar surface area (TPSA) is 70.6 Å². The minimum atomic E-state index is -2.88. The van der Waals surface area contributed by atoms with Gasteiger partial charge in [0.25, 0.3) is 0 Å². The maximum absolute atomic E-state index is 11.1. The van der Waals surface area contributed by atoms with Gasteiger partial charge in [0.1, 0.15) is 9.84 Å². The van der Waals surface area contributed by atoms with Crippen molar-refractivity contribution in [2.45, 2.75) is 45.4 Å². The second-order valence-corrected chi connectivity index (χ2v) is 7.79. The number of hydrogen-bond acceptors (Lipinski definition) is 3. The van der Waals surface area contributed by atoms with E-state index in [1.54, 1.807) is 5.57 Å². The first-order valence-corrected chi connectivity index (χ1v) is 9.95. The van der Waals surface area contributed by atoms with Crippen LogP contribution in [0.4, 0.5) is 0 Å². The van der Waals surface area contributed by atoms with Crippen molar-refractivity contribution in [1.82, 2.24) is 10.6 Å². The third-order valence-corrected chi connectivity index (χ3v) is 4.44. The Kier molecular flexibility index (Phi) is 8.42. The minimum Gasteiger partial charge on any atom is -0.357 e. The average molecular weight is 315 g/mol. The molecular weight excluding hydrogens is 286 g/mol. The van der Waals surface area contributed by atoms with Crippen molar-refractivity contribution in [3.8, 4) is 0 Å². The smallest absolute Gasteiger partial charge is 0.191 e. The van der Waals surface area contributed by atoms with Crippen molar-refractivity contribution in [1.29, 1.82) is 0 Å². The lowest BCUT2D eigenvalue weighted by molar-refractivity contribution is 0.599. The highest BCUT2D eigenvalue weighted by molar-refractivity contribution is 7.90. The molecule has 0 spiro atoms. The predicted molar refractivity (Wildman–Crippen MR) is 89.5 cm³/mol. The average Bonchev–Trinajstić information content (AvgIpc) is 2.43. The Morgan fingerprint density at radius 2 is 2.14 bits per heavy atom. The third-order valence-electron chi connectivity index (χ3n) is 3.41. The molecule has 1 rings (SSSR count). The lowest BCUT2D eigenvalue weighted by atomic mass is 9.97. The van der Waals surface area contributed by atoms with Crippen LogP contribution in [0, 0.1) is 0 Å². The highest BCUT2D eigenvalue weighted by Crippen LogP contribution is 2.19. The van der Waals surface area contributed by atoms with Gasteiger partial charge in [-0.3, -0.25) is 4.99 Å². The van der Waals surface area contributed by atoms with E-state index in [4.69, 9.17) is 0 Å². The van der Waals surface area contributed by atoms with Gasteiger partial charge in [0, 0.05) is 25.9 Å². The van der Waals surface area contributed by atoms with Crippen molar-refractivity contribution < 1.29 is 8.42 Å². The normalized spacial score (nSPS) is 16.5. The molecule has 0 aliphatic heterocycles. The number of hydrogen-bond donors (Lipinski definition) is 2. The molecule has 0 aromatic carbocycles. The molecule has 0 aromatic heterocycles. The van der Waals surface area contributed by atoms with E-state index >= 15 is 0 Å². The van der Waals surface area contributed by atoms with Gasteiger partial charge in [0.2, 0.25) is 0 Å². The molecule has 0 aromatic rings. The molecule has 21 heavy (non-hydrogen) atoms. The van der Waals surface area contributed by atoms with Gasteiger partial charge in [-0.15, -0.1) is 0 Å². The summed E-state index contributed by atoms with van der Waals surface area (Å²) in [6.07, 6.45) is 10.3. The summed E-state index contributed by atoms with van der Waals surface area (Å²) >= 11 is 0. The van der Waals surface area contributed by atoms with Gasteiger partial charge in [-0.05, 0) is 45.4 Å². The molecule has 2 N–H and O–H groups in total. The van der Waals surface area contributed by atoms with E-state index in [-0.39, 0.29) is 5.75 Å². The number of nitrogens with zero attached hydrogens (tertiary/aromatic N) is 1. The zero-order valence-corrected chi connectivity index (χ0v) is 14.1. The molecule has 1 aliphatic carbocycles. The zero-order valence-electron chi connectivity index (χ0n) is 13.3. The van der Waals surface area contributed by atoms with Crippen LogP contribution in [0.2, 0.25) is 0 Å². The molecule has 0 bridgehead atoms. The SMILES string of the molecule is CCNC(=NCCCS(C)(=O)=O)NCCC1=CCCCC1. The number of aliphatic imine (C=N–C) groups is 1. The second-order valence-electron chi connectivity index (χ2n) is 5.53. The van der Waals surface area contributed by atoms with Crippen molar-refractivity contribution in [2.75, 3.05) is 31.6 Å². The zero-order chi connectivity index (χ0) is 15.6. The van der Waals surface area contributed by atoms with Crippen LogP contribution in [-0.2, 0) is 9.84 Å². The van der Waals surface area contributed by atoms with E-state index in [1.807, 2.05) is 6.92 Å². The van der Waals surface area contributed by atoms with Crippen LogP contribution in [0.3, 0.4) is 0 Å². The number of nitrogens with one attached hydrogen (secondary N) is 2. The van der Waals surface area contributed by atoms with Gasteiger partial charge in [-0.2, -0.15) is 0 Å². The number of rotatable bonds is 8. The molecule has 6 heteroatoms. The lowest BCUT2D eigenvalue weighted by Gasteiger charge is -2.15. The largest absolute Gasteiger partial charge is 0.357 e. The summed E-state index contributed by atoms with van der Waals surface area (Å²) < 4.78 is 22.1. The monoisotopic (exact) mass is 315 g/mol. The third kappa shape index (κ3) is 9.50. The highest BCUT2D eigenvalue weighted by atomic mass is 32.2. The summed E-state index contributed by atoms with van der Waals surface area (Å²) in [4.78, 5) is 4.41. The molecule has 0 amide bonds. The van der Waals surface area contributed by atoms with Crippen molar-refractivity contribution in [3.05, 3.63) is 11.6 Å². The van der Waals surface area contributed by atoms with Crippen LogP contribution < -0.4 is 10.6 Å². The summed E-state index contributed by atoms with van der Waals surface area (Å²) in [5, 5.41) is 6.50. The Balaban J connectivity index is 2.29. The van der Waals surface area contributed by atoms with Gasteiger partial charge >= 0.3 is 0 Å². The first-order chi connectivity index (χ1) is 10.0. The Labute approximate surface area is 129 Å². The number of guanidine groups is 1. The predicted octanol–water partition coefficient (Wildman–Crippen LogP) is 1.87. The highest BCUT2D eigenvalue weighted by Gasteiger charge is 2.04. The Hall–Kier alpha value is -1.04. The standard InChI is InChI=1S/C15H29N3O2S/c1-3-16-15(17-11-7-13-21(2,19)20)18-12-10-14-8-5-4-6-9-14/h8H,3-7,9-13H2,1-2H3,(H2,16,17,18). The molecule has 0 saturated carbocycles. The van der Waals surface area contributed by atoms with E-state index in [1.165, 1.54) is 31.9 Å². The van der Waals surface area contributed by atoms with E-state index in [9.17, 15) is 8.42 Å². The van der Waals surface area contributed by atoms with Gasteiger partial charge < -0.3 is 10.6 Å². The van der Waals surface area contributed by atoms with E-state index in [2.05, 4.69) is 21.7 Å². The van der Waals surface area contributed by atoms with Crippen LogP contribution in [0.25, 0.3) is 0 Å². The summed E-state index contributed by atoms with van der Waals surface area (Å²) in [7, 11) is -2.88. The molecule has 5 nitrogen and oxygen atoms in total. The molecule has 122 valence electrons. The fourth-order valence-electron chi connectivity index (χ4n) is 2.33. The molecule has 1 aliphatic rings. The fraction of sp³-hybridized carbons (Fsp3) is 0.800. The maximum atomic E-state index is 11.1. The van der Waals surface area contributed by atoms with Crippen LogP contribution >= 0.6 is 0 Å². The van der Waals surface area contributed by atoms with E-state index in [0.29, 0.717) is 13.0 Å². The number of sulfone groups is 1. The van der Waals surface area contributed by atoms with Crippen molar-refractivity contribution in [2.24, 2.45) is 4.99 Å². The maximum Gasteiger partial charge on any atom is 0.191 e. The first kappa shape index (κ1) is 18.0. The van der Waals surface area contributed by atoms with Gasteiger partial charge in [0.05, 0.1) is 5.75 Å². The summed E-state index contributed by atoms with van der Waals surface area (Å²) in [6, 6.07) is 0. The molecular formula is C15H29N3O2S. The molecule has 0 heterocycles. The second kappa shape index (κ2) is 9.82. The fourth-order valence-corrected chi connectivity index (χ4v) is 2.99. The van der Waals surface area contributed by atoms with Crippen LogP contribution in [-0.4, -0.2) is 46.0 Å². The lowest BCUT2D eigenvalue weighted by Crippen LogP contribution is -2.38. The molecule has 0 fully saturated rings. The van der Waals surface area contributed by atoms with E-state index < -0.39 is 9.84 Å². The van der Waals surface area contributed by atoms with Crippen molar-refractivity contribution >= 4 is 15.8 Å². The van der Waals surface area contributed by atoms with Crippen LogP contribution in [0.5, 0.6) is 0 Å². The Morgan fingerprint density at radius 1 is 1.33 bits per heavy atom.